The predicted molar refractivity (Wildman–Crippen MR) is 115 cm³/mol. The molecule has 29 heavy (non-hydrogen) atoms. The molecule has 6 nitrogen and oxygen atoms in total. The molecular weight excluding hydrogens is 388 g/mol. The average molecular weight is 413 g/mol. The molecule has 0 spiro atoms. The van der Waals surface area contributed by atoms with Gasteiger partial charge >= 0.3 is 0 Å². The van der Waals surface area contributed by atoms with Gasteiger partial charge in [0, 0.05) is 54.4 Å². The molecule has 0 unspecified atom stereocenters. The second kappa shape index (κ2) is 7.69. The van der Waals surface area contributed by atoms with Crippen molar-refractivity contribution in [1.82, 2.24) is 14.5 Å². The van der Waals surface area contributed by atoms with E-state index in [2.05, 4.69) is 11.1 Å². The number of nitrogens with two attached hydrogens (primary N) is 1. The lowest BCUT2D eigenvalue weighted by Crippen LogP contribution is -2.53. The fourth-order valence-corrected chi connectivity index (χ4v) is 4.94. The Morgan fingerprint density at radius 1 is 1.14 bits per heavy atom. The van der Waals surface area contributed by atoms with Crippen LogP contribution in [0.25, 0.3) is 10.9 Å². The van der Waals surface area contributed by atoms with Gasteiger partial charge < -0.3 is 20.2 Å². The average Bonchev–Trinajstić information content (AvgIpc) is 3.11. The Labute approximate surface area is 175 Å². The third-order valence-electron chi connectivity index (χ3n) is 6.22. The van der Waals surface area contributed by atoms with Crippen LogP contribution in [0.15, 0.2) is 53.5 Å². The number of nitrogens with one attached hydrogen (secondary N) is 1. The van der Waals surface area contributed by atoms with E-state index in [0.29, 0.717) is 32.0 Å². The molecule has 3 N–H and O–H groups in total. The summed E-state index contributed by atoms with van der Waals surface area (Å²) in [5.41, 5.74) is 9.58. The van der Waals surface area contributed by atoms with Crippen molar-refractivity contribution in [3.63, 3.8) is 0 Å². The summed E-state index contributed by atoms with van der Waals surface area (Å²) in [6.45, 7) is 2.00. The van der Waals surface area contributed by atoms with Crippen LogP contribution < -0.4 is 11.3 Å². The van der Waals surface area contributed by atoms with Gasteiger partial charge in [0.25, 0.3) is 5.56 Å². The number of piperidine rings is 1. The van der Waals surface area contributed by atoms with Crippen LogP contribution in [0.2, 0.25) is 0 Å². The number of halogens is 1. The van der Waals surface area contributed by atoms with Crippen LogP contribution in [0.3, 0.4) is 0 Å². The molecular formula is C22H25ClN4O2. The number of rotatable bonds is 3. The van der Waals surface area contributed by atoms with Crippen molar-refractivity contribution < 1.29 is 4.79 Å². The molecule has 152 valence electrons. The summed E-state index contributed by atoms with van der Waals surface area (Å²) in [5.74, 6) is 0.535. The van der Waals surface area contributed by atoms with Gasteiger partial charge in [0.05, 0.1) is 6.04 Å². The number of para-hydroxylation sites is 1. The number of carbonyl (C=O) groups excluding carboxylic acids is 1. The Kier molecular flexibility index (Phi) is 5.23. The van der Waals surface area contributed by atoms with E-state index in [1.165, 1.54) is 0 Å². The Balaban J connectivity index is 0.00000205. The first kappa shape index (κ1) is 19.7. The molecule has 2 aromatic heterocycles. The Morgan fingerprint density at radius 3 is 2.83 bits per heavy atom. The summed E-state index contributed by atoms with van der Waals surface area (Å²) in [5, 5.41) is 1.12. The normalized spacial score (nSPS) is 21.3. The van der Waals surface area contributed by atoms with Crippen molar-refractivity contribution >= 4 is 29.2 Å². The van der Waals surface area contributed by atoms with E-state index in [-0.39, 0.29) is 29.8 Å². The highest BCUT2D eigenvalue weighted by atomic mass is 35.5. The smallest absolute Gasteiger partial charge is 0.250 e. The van der Waals surface area contributed by atoms with Crippen molar-refractivity contribution in [2.45, 2.75) is 31.3 Å². The lowest BCUT2D eigenvalue weighted by molar-refractivity contribution is -0.135. The molecule has 1 amide bonds. The molecule has 1 fully saturated rings. The zero-order valence-corrected chi connectivity index (χ0v) is 16.9. The first-order chi connectivity index (χ1) is 13.6. The highest BCUT2D eigenvalue weighted by molar-refractivity contribution is 5.86. The molecule has 3 atom stereocenters. The number of amides is 1. The van der Waals surface area contributed by atoms with Crippen LogP contribution in [0.1, 0.15) is 23.6 Å². The summed E-state index contributed by atoms with van der Waals surface area (Å²) in [4.78, 5) is 30.4. The quantitative estimate of drug-likeness (QED) is 0.692. The number of aromatic nitrogens is 2. The molecule has 1 aromatic carbocycles. The van der Waals surface area contributed by atoms with Gasteiger partial charge in [-0.15, -0.1) is 12.4 Å². The van der Waals surface area contributed by atoms with Gasteiger partial charge in [-0.1, -0.05) is 24.3 Å². The van der Waals surface area contributed by atoms with Gasteiger partial charge in [-0.2, -0.15) is 0 Å². The predicted octanol–water partition coefficient (Wildman–Crippen LogP) is 2.27. The molecule has 1 saturated heterocycles. The number of likely N-dealkylation sites (tertiary alicyclic amines) is 1. The number of carbonyl (C=O) groups is 1. The molecule has 7 heteroatoms. The third-order valence-corrected chi connectivity index (χ3v) is 6.22. The van der Waals surface area contributed by atoms with E-state index < -0.39 is 6.04 Å². The van der Waals surface area contributed by atoms with Gasteiger partial charge in [0.2, 0.25) is 5.91 Å². The third kappa shape index (κ3) is 3.47. The van der Waals surface area contributed by atoms with Gasteiger partial charge in [0.15, 0.2) is 0 Å². The summed E-state index contributed by atoms with van der Waals surface area (Å²) in [7, 11) is 0. The van der Waals surface area contributed by atoms with E-state index in [1.807, 2.05) is 46.0 Å². The summed E-state index contributed by atoms with van der Waals surface area (Å²) in [6, 6.07) is 13.0. The summed E-state index contributed by atoms with van der Waals surface area (Å²) < 4.78 is 1.88. The molecule has 3 aromatic rings. The fourth-order valence-electron chi connectivity index (χ4n) is 4.94. The van der Waals surface area contributed by atoms with Gasteiger partial charge in [-0.05, 0) is 36.5 Å². The van der Waals surface area contributed by atoms with Crippen LogP contribution in [0.5, 0.6) is 0 Å². The molecule has 2 aliphatic heterocycles. The van der Waals surface area contributed by atoms with Gasteiger partial charge in [0.1, 0.15) is 0 Å². The number of aromatic amines is 1. The first-order valence-electron chi connectivity index (χ1n) is 9.89. The number of hydrogen-bond donors (Lipinski definition) is 2. The Bertz CT molecular complexity index is 1110. The topological polar surface area (TPSA) is 84.1 Å². The molecule has 2 bridgehead atoms. The van der Waals surface area contributed by atoms with Crippen LogP contribution >= 0.6 is 12.4 Å². The number of benzene rings is 1. The SMILES string of the molecule is Cl.N[C@@H](Cc1c[nH]c2ccccc12)C(=O)N1C[C@H]2C[C@@H](C1)c1cccc(=O)n1C2. The second-order valence-corrected chi connectivity index (χ2v) is 8.11. The van der Waals surface area contributed by atoms with Crippen molar-refractivity contribution in [2.75, 3.05) is 13.1 Å². The number of fused-ring (bicyclic) bond motifs is 5. The lowest BCUT2D eigenvalue weighted by Gasteiger charge is -2.43. The molecule has 0 saturated carbocycles. The minimum atomic E-state index is -0.559. The van der Waals surface area contributed by atoms with Crippen molar-refractivity contribution in [1.29, 1.82) is 0 Å². The Hall–Kier alpha value is -2.57. The number of nitrogens with zero attached hydrogens (tertiary/aromatic N) is 2. The number of H-pyrrole nitrogens is 1. The minimum Gasteiger partial charge on any atom is -0.361 e. The van der Waals surface area contributed by atoms with Gasteiger partial charge in [-0.3, -0.25) is 9.59 Å². The lowest BCUT2D eigenvalue weighted by atomic mass is 9.83. The maximum Gasteiger partial charge on any atom is 0.250 e. The van der Waals surface area contributed by atoms with Crippen LogP contribution in [0, 0.1) is 5.92 Å². The molecule has 2 aliphatic rings. The monoisotopic (exact) mass is 412 g/mol. The minimum absolute atomic E-state index is 0. The maximum absolute atomic E-state index is 13.1. The highest BCUT2D eigenvalue weighted by Crippen LogP contribution is 2.35. The fraction of sp³-hybridized carbons (Fsp3) is 0.364. The van der Waals surface area contributed by atoms with Crippen molar-refractivity contribution in [2.24, 2.45) is 11.7 Å². The zero-order chi connectivity index (χ0) is 19.3. The van der Waals surface area contributed by atoms with Crippen molar-refractivity contribution in [3.05, 3.63) is 70.3 Å². The van der Waals surface area contributed by atoms with Crippen molar-refractivity contribution in [3.8, 4) is 0 Å². The number of hydrogen-bond acceptors (Lipinski definition) is 3. The largest absolute Gasteiger partial charge is 0.361 e. The van der Waals surface area contributed by atoms with E-state index in [9.17, 15) is 9.59 Å². The van der Waals surface area contributed by atoms with Crippen LogP contribution in [-0.2, 0) is 17.8 Å². The molecule has 0 aliphatic carbocycles. The zero-order valence-electron chi connectivity index (χ0n) is 16.1. The Morgan fingerprint density at radius 2 is 1.97 bits per heavy atom. The standard InChI is InChI=1S/C22H24N4O2.ClH/c23-18(9-15-10-24-19-5-2-1-4-17(15)19)22(28)25-11-14-8-16(13-25)20-6-3-7-21(27)26(20)12-14;/h1-7,10,14,16,18,24H,8-9,11-13,23H2;1H/t14-,16+,18+;/m1./s1. The molecule has 4 heterocycles. The summed E-state index contributed by atoms with van der Waals surface area (Å²) in [6.07, 6.45) is 3.50. The van der Waals surface area contributed by atoms with E-state index in [4.69, 9.17) is 5.73 Å². The van der Waals surface area contributed by atoms with E-state index in [1.54, 1.807) is 6.07 Å². The number of pyridine rings is 1. The molecule has 5 rings (SSSR count). The van der Waals surface area contributed by atoms with Crippen LogP contribution in [0.4, 0.5) is 0 Å². The van der Waals surface area contributed by atoms with E-state index >= 15 is 0 Å². The summed E-state index contributed by atoms with van der Waals surface area (Å²) >= 11 is 0. The maximum atomic E-state index is 13.1. The molecule has 0 radical (unpaired) electrons. The van der Waals surface area contributed by atoms with Crippen LogP contribution in [-0.4, -0.2) is 39.5 Å². The van der Waals surface area contributed by atoms with E-state index in [0.717, 1.165) is 28.6 Å². The van der Waals surface area contributed by atoms with Gasteiger partial charge in [-0.25, -0.2) is 0 Å². The second-order valence-electron chi connectivity index (χ2n) is 8.11. The first-order valence-corrected chi connectivity index (χ1v) is 9.89. The highest BCUT2D eigenvalue weighted by Gasteiger charge is 2.37.